The lowest BCUT2D eigenvalue weighted by atomic mass is 10.0. The van der Waals surface area contributed by atoms with Crippen molar-refractivity contribution in [2.75, 3.05) is 0 Å². The van der Waals surface area contributed by atoms with Crippen LogP contribution in [0.4, 0.5) is 17.6 Å². The molecule has 1 unspecified atom stereocenters. The van der Waals surface area contributed by atoms with Crippen molar-refractivity contribution in [2.45, 2.75) is 32.0 Å². The molecule has 0 bridgehead atoms. The van der Waals surface area contributed by atoms with Gasteiger partial charge in [-0.15, -0.1) is 0 Å². The smallest absolute Gasteiger partial charge is 0.434 e. The first-order chi connectivity index (χ1) is 12.3. The summed E-state index contributed by atoms with van der Waals surface area (Å²) in [5.41, 5.74) is -3.81. The van der Waals surface area contributed by atoms with Crippen LogP contribution in [0.3, 0.4) is 0 Å². The lowest BCUT2D eigenvalue weighted by molar-refractivity contribution is -0.154. The second kappa shape index (κ2) is 7.20. The summed E-state index contributed by atoms with van der Waals surface area (Å²) in [4.78, 5) is 11.4. The predicted octanol–water partition coefficient (Wildman–Crippen LogP) is 5.18. The molecule has 1 aromatic carbocycles. The maximum absolute atomic E-state index is 14.4. The van der Waals surface area contributed by atoms with E-state index in [0.717, 1.165) is 19.2 Å². The van der Waals surface area contributed by atoms with E-state index in [2.05, 4.69) is 5.10 Å². The third-order valence-electron chi connectivity index (χ3n) is 4.00. The number of carboxylic acids is 1. The summed E-state index contributed by atoms with van der Waals surface area (Å²) in [6.45, 7) is 2.84. The maximum Gasteiger partial charge on any atom is 0.434 e. The van der Waals surface area contributed by atoms with Gasteiger partial charge in [0.25, 0.3) is 0 Å². The summed E-state index contributed by atoms with van der Waals surface area (Å²) in [6.07, 6.45) is -4.75. The summed E-state index contributed by atoms with van der Waals surface area (Å²) in [5.74, 6) is -2.51. The molecule has 0 aliphatic heterocycles. The number of aryl methyl sites for hydroxylation is 1. The van der Waals surface area contributed by atoms with Crippen molar-refractivity contribution in [1.29, 1.82) is 0 Å². The van der Waals surface area contributed by atoms with Crippen molar-refractivity contribution in [1.82, 2.24) is 9.78 Å². The molecule has 27 heavy (non-hydrogen) atoms. The van der Waals surface area contributed by atoms with E-state index in [1.165, 1.54) is 6.92 Å². The van der Waals surface area contributed by atoms with E-state index < -0.39 is 45.5 Å². The number of carbonyl (C=O) groups is 1. The second-order valence-corrected chi connectivity index (χ2v) is 6.67. The van der Waals surface area contributed by atoms with Crippen LogP contribution in [0.1, 0.15) is 26.0 Å². The second-order valence-electron chi connectivity index (χ2n) is 5.89. The van der Waals surface area contributed by atoms with Gasteiger partial charge in [-0.2, -0.15) is 18.3 Å². The normalized spacial score (nSPS) is 14.1. The predicted molar refractivity (Wildman–Crippen MR) is 90.6 cm³/mol. The summed E-state index contributed by atoms with van der Waals surface area (Å²) in [6, 6.07) is 1.77. The van der Waals surface area contributed by atoms with Crippen LogP contribution in [0.5, 0.6) is 5.75 Å². The Morgan fingerprint density at radius 3 is 2.37 bits per heavy atom. The number of halogens is 6. The Morgan fingerprint density at radius 1 is 1.33 bits per heavy atom. The Bertz CT molecular complexity index is 899. The van der Waals surface area contributed by atoms with Gasteiger partial charge >= 0.3 is 12.1 Å². The summed E-state index contributed by atoms with van der Waals surface area (Å²) in [7, 11) is 1.02. The van der Waals surface area contributed by atoms with E-state index in [4.69, 9.17) is 27.9 Å². The van der Waals surface area contributed by atoms with Crippen LogP contribution in [-0.2, 0) is 18.0 Å². The van der Waals surface area contributed by atoms with E-state index in [0.29, 0.717) is 4.68 Å². The zero-order valence-corrected chi connectivity index (χ0v) is 15.8. The molecule has 0 aliphatic carbocycles. The molecule has 2 rings (SSSR count). The Hall–Kier alpha value is -2.00. The first-order valence-corrected chi connectivity index (χ1v) is 8.29. The van der Waals surface area contributed by atoms with Gasteiger partial charge in [-0.3, -0.25) is 4.68 Å². The number of alkyl halides is 3. The highest BCUT2D eigenvalue weighted by Crippen LogP contribution is 2.42. The molecule has 1 heterocycles. The van der Waals surface area contributed by atoms with Crippen LogP contribution in [0.15, 0.2) is 12.1 Å². The van der Waals surface area contributed by atoms with Crippen LogP contribution in [0.2, 0.25) is 10.0 Å². The molecular weight excluding hydrogens is 415 g/mol. The van der Waals surface area contributed by atoms with Gasteiger partial charge in [0.05, 0.1) is 10.0 Å². The van der Waals surface area contributed by atoms with E-state index in [1.807, 2.05) is 0 Å². The first-order valence-electron chi connectivity index (χ1n) is 7.53. The molecule has 1 aromatic heterocycles. The van der Waals surface area contributed by atoms with Gasteiger partial charge in [0.1, 0.15) is 17.3 Å². The molecule has 0 aliphatic rings. The molecule has 2 aromatic rings. The molecular formula is C16H14Cl2F4N2O3. The van der Waals surface area contributed by atoms with Gasteiger partial charge in [-0.05, 0) is 25.5 Å². The third-order valence-corrected chi connectivity index (χ3v) is 4.65. The quantitative estimate of drug-likeness (QED) is 0.666. The molecule has 1 atom stereocenters. The van der Waals surface area contributed by atoms with Crippen LogP contribution in [-0.4, -0.2) is 26.5 Å². The Labute approximate surface area is 161 Å². The number of nitrogens with zero attached hydrogens (tertiary/aromatic N) is 2. The molecule has 1 N–H and O–H groups in total. The van der Waals surface area contributed by atoms with Crippen LogP contribution in [0.25, 0.3) is 11.3 Å². The standard InChI is InChI=1S/C16H14Cl2F4N2O3/c1-4-15(2,14(25)26)27-10-5-7(9(19)6-8(10)17)12-11(18)13(16(20,21)22)24(3)23-12/h5-6H,4H2,1-3H3,(H,25,26). The minimum Gasteiger partial charge on any atom is -0.478 e. The van der Waals surface area contributed by atoms with Gasteiger partial charge in [0.2, 0.25) is 5.60 Å². The molecule has 0 saturated carbocycles. The van der Waals surface area contributed by atoms with Gasteiger partial charge in [-0.25, -0.2) is 9.18 Å². The zero-order chi connectivity index (χ0) is 20.7. The number of aromatic nitrogens is 2. The van der Waals surface area contributed by atoms with E-state index in [-0.39, 0.29) is 17.2 Å². The number of carboxylic acid groups (broad SMARTS) is 1. The summed E-state index contributed by atoms with van der Waals surface area (Å²) in [5, 5.41) is 11.9. The van der Waals surface area contributed by atoms with E-state index in [1.54, 1.807) is 6.92 Å². The fourth-order valence-electron chi connectivity index (χ4n) is 2.28. The molecule has 0 saturated heterocycles. The minimum absolute atomic E-state index is 0.0495. The highest BCUT2D eigenvalue weighted by molar-refractivity contribution is 6.34. The number of hydrogen-bond donors (Lipinski definition) is 1. The maximum atomic E-state index is 14.4. The van der Waals surface area contributed by atoms with Crippen molar-refractivity contribution in [2.24, 2.45) is 7.05 Å². The Balaban J connectivity index is 2.63. The molecule has 11 heteroatoms. The van der Waals surface area contributed by atoms with Crippen molar-refractivity contribution < 1.29 is 32.2 Å². The van der Waals surface area contributed by atoms with E-state index >= 15 is 0 Å². The number of aliphatic carboxylic acids is 1. The molecule has 148 valence electrons. The fourth-order valence-corrected chi connectivity index (χ4v) is 2.83. The lowest BCUT2D eigenvalue weighted by Crippen LogP contribution is -2.40. The molecule has 0 amide bonds. The van der Waals surface area contributed by atoms with Crippen LogP contribution in [0, 0.1) is 5.82 Å². The Morgan fingerprint density at radius 2 is 1.93 bits per heavy atom. The fraction of sp³-hybridized carbons (Fsp3) is 0.375. The average Bonchev–Trinajstić information content (AvgIpc) is 2.84. The first kappa shape index (κ1) is 21.3. The van der Waals surface area contributed by atoms with Crippen LogP contribution < -0.4 is 4.74 Å². The van der Waals surface area contributed by atoms with Crippen molar-refractivity contribution >= 4 is 29.2 Å². The minimum atomic E-state index is -4.80. The van der Waals surface area contributed by atoms with Crippen LogP contribution >= 0.6 is 23.2 Å². The van der Waals surface area contributed by atoms with Gasteiger partial charge < -0.3 is 9.84 Å². The summed E-state index contributed by atoms with van der Waals surface area (Å²) >= 11 is 11.7. The highest BCUT2D eigenvalue weighted by Gasteiger charge is 2.40. The van der Waals surface area contributed by atoms with Gasteiger partial charge in [0.15, 0.2) is 5.69 Å². The number of ether oxygens (including phenoxy) is 1. The molecule has 0 radical (unpaired) electrons. The van der Waals surface area contributed by atoms with E-state index in [9.17, 15) is 27.5 Å². The van der Waals surface area contributed by atoms with Crippen molar-refractivity contribution in [3.05, 3.63) is 33.7 Å². The lowest BCUT2D eigenvalue weighted by Gasteiger charge is -2.25. The molecule has 0 spiro atoms. The van der Waals surface area contributed by atoms with Crippen molar-refractivity contribution in [3.8, 4) is 17.0 Å². The topological polar surface area (TPSA) is 64.4 Å². The average molecular weight is 429 g/mol. The zero-order valence-electron chi connectivity index (χ0n) is 14.3. The SMILES string of the molecule is CCC(C)(Oc1cc(-c2nn(C)c(C(F)(F)F)c2Cl)c(F)cc1Cl)C(=O)O. The molecule has 0 fully saturated rings. The highest BCUT2D eigenvalue weighted by atomic mass is 35.5. The van der Waals surface area contributed by atoms with Crippen molar-refractivity contribution in [3.63, 3.8) is 0 Å². The number of rotatable bonds is 5. The number of benzene rings is 1. The Kier molecular flexibility index (Phi) is 5.68. The van der Waals surface area contributed by atoms with Gasteiger partial charge in [-0.1, -0.05) is 30.1 Å². The third kappa shape index (κ3) is 3.98. The molecule has 5 nitrogen and oxygen atoms in total. The number of hydrogen-bond acceptors (Lipinski definition) is 3. The summed E-state index contributed by atoms with van der Waals surface area (Å²) < 4.78 is 59.5. The largest absolute Gasteiger partial charge is 0.478 e. The van der Waals surface area contributed by atoms with Gasteiger partial charge in [0, 0.05) is 12.6 Å². The monoisotopic (exact) mass is 428 g/mol.